The fraction of sp³-hybridized carbons (Fsp3) is 0.167. The van der Waals surface area contributed by atoms with Gasteiger partial charge in [0.2, 0.25) is 0 Å². The van der Waals surface area contributed by atoms with Crippen molar-refractivity contribution in [1.29, 1.82) is 0 Å². The van der Waals surface area contributed by atoms with Crippen LogP contribution in [0.15, 0.2) is 54.7 Å². The lowest BCUT2D eigenvalue weighted by Gasteiger charge is -2.14. The summed E-state index contributed by atoms with van der Waals surface area (Å²) in [4.78, 5) is 18.2. The number of benzene rings is 2. The van der Waals surface area contributed by atoms with Crippen molar-refractivity contribution in [3.8, 4) is 22.8 Å². The number of aryl methyl sites for hydroxylation is 2. The zero-order valence-electron chi connectivity index (χ0n) is 17.7. The SMILES string of the molecule is COc1cc(NC(=O)c2c(-c3ccc(C)cc3)nc3ccc(C)cn23)c(OC)cc1Cl. The van der Waals surface area contributed by atoms with E-state index >= 15 is 0 Å². The molecule has 0 aliphatic carbocycles. The number of aromatic nitrogens is 2. The lowest BCUT2D eigenvalue weighted by atomic mass is 10.1. The Morgan fingerprint density at radius 1 is 0.968 bits per heavy atom. The molecular weight excluding hydrogens is 414 g/mol. The summed E-state index contributed by atoms with van der Waals surface area (Å²) in [5, 5.41) is 3.33. The molecule has 0 saturated heterocycles. The Hall–Kier alpha value is -3.51. The maximum Gasteiger partial charge on any atom is 0.275 e. The van der Waals surface area contributed by atoms with Crippen LogP contribution in [0.3, 0.4) is 0 Å². The molecule has 0 radical (unpaired) electrons. The number of halogens is 1. The summed E-state index contributed by atoms with van der Waals surface area (Å²) < 4.78 is 12.5. The average Bonchev–Trinajstić information content (AvgIpc) is 3.13. The van der Waals surface area contributed by atoms with Crippen molar-refractivity contribution < 1.29 is 14.3 Å². The third-order valence-corrected chi connectivity index (χ3v) is 5.32. The molecular formula is C24H22ClN3O3. The molecule has 6 nitrogen and oxygen atoms in total. The Balaban J connectivity index is 1.85. The number of rotatable bonds is 5. The highest BCUT2D eigenvalue weighted by Crippen LogP contribution is 2.36. The number of hydrogen-bond donors (Lipinski definition) is 1. The number of anilines is 1. The number of fused-ring (bicyclic) bond motifs is 1. The Morgan fingerprint density at radius 2 is 1.65 bits per heavy atom. The van der Waals surface area contributed by atoms with Crippen LogP contribution in [-0.2, 0) is 0 Å². The molecule has 2 aromatic heterocycles. The zero-order valence-corrected chi connectivity index (χ0v) is 18.4. The van der Waals surface area contributed by atoms with Crippen molar-refractivity contribution in [2.75, 3.05) is 19.5 Å². The van der Waals surface area contributed by atoms with Crippen LogP contribution in [0.4, 0.5) is 5.69 Å². The minimum absolute atomic E-state index is 0.323. The van der Waals surface area contributed by atoms with Gasteiger partial charge < -0.3 is 14.8 Å². The summed E-state index contributed by atoms with van der Waals surface area (Å²) >= 11 is 6.20. The maximum absolute atomic E-state index is 13.5. The van der Waals surface area contributed by atoms with E-state index in [9.17, 15) is 4.79 Å². The summed E-state index contributed by atoms with van der Waals surface area (Å²) in [6, 6.07) is 15.0. The van der Waals surface area contributed by atoms with Gasteiger partial charge in [-0.1, -0.05) is 47.5 Å². The Labute approximate surface area is 185 Å². The number of methoxy groups -OCH3 is 2. The van der Waals surface area contributed by atoms with Gasteiger partial charge in [0.05, 0.1) is 24.9 Å². The largest absolute Gasteiger partial charge is 0.495 e. The number of pyridine rings is 1. The number of imidazole rings is 1. The topological polar surface area (TPSA) is 64.9 Å². The zero-order chi connectivity index (χ0) is 22.1. The minimum Gasteiger partial charge on any atom is -0.495 e. The number of nitrogens with zero attached hydrogens (tertiary/aromatic N) is 2. The molecule has 0 aliphatic heterocycles. The van der Waals surface area contributed by atoms with Crippen LogP contribution >= 0.6 is 11.6 Å². The molecule has 0 atom stereocenters. The van der Waals surface area contributed by atoms with E-state index in [1.54, 1.807) is 16.5 Å². The normalized spacial score (nSPS) is 10.9. The van der Waals surface area contributed by atoms with Crippen LogP contribution in [-0.4, -0.2) is 29.5 Å². The standard InChI is InChI=1S/C24H22ClN3O3/c1-14-5-8-16(9-6-14)22-23(28-13-15(2)7-10-21(28)27-22)24(29)26-18-12-19(30-3)17(25)11-20(18)31-4/h5-13H,1-4H3,(H,26,29). The van der Waals surface area contributed by atoms with Crippen molar-refractivity contribution in [2.24, 2.45) is 0 Å². The van der Waals surface area contributed by atoms with E-state index in [1.165, 1.54) is 14.2 Å². The fourth-order valence-corrected chi connectivity index (χ4v) is 3.65. The minimum atomic E-state index is -0.323. The lowest BCUT2D eigenvalue weighted by molar-refractivity contribution is 0.102. The number of amides is 1. The van der Waals surface area contributed by atoms with E-state index in [4.69, 9.17) is 26.1 Å². The van der Waals surface area contributed by atoms with Crippen molar-refractivity contribution in [1.82, 2.24) is 9.38 Å². The van der Waals surface area contributed by atoms with Gasteiger partial charge in [0.15, 0.2) is 0 Å². The fourth-order valence-electron chi connectivity index (χ4n) is 3.42. The summed E-state index contributed by atoms with van der Waals surface area (Å²) in [6.45, 7) is 3.99. The van der Waals surface area contributed by atoms with Crippen LogP contribution in [0.1, 0.15) is 21.6 Å². The molecule has 2 aromatic carbocycles. The van der Waals surface area contributed by atoms with E-state index in [2.05, 4.69) is 5.32 Å². The third-order valence-electron chi connectivity index (χ3n) is 5.03. The van der Waals surface area contributed by atoms with Crippen molar-refractivity contribution >= 4 is 28.8 Å². The second-order valence-corrected chi connectivity index (χ2v) is 7.66. The van der Waals surface area contributed by atoms with E-state index in [-0.39, 0.29) is 5.91 Å². The molecule has 31 heavy (non-hydrogen) atoms. The molecule has 0 aliphatic rings. The van der Waals surface area contributed by atoms with Crippen LogP contribution in [0, 0.1) is 13.8 Å². The van der Waals surface area contributed by atoms with Crippen LogP contribution < -0.4 is 14.8 Å². The Bertz CT molecular complexity index is 1280. The molecule has 158 valence electrons. The third kappa shape index (κ3) is 3.94. The quantitative estimate of drug-likeness (QED) is 0.447. The molecule has 4 aromatic rings. The van der Waals surface area contributed by atoms with Gasteiger partial charge in [0.25, 0.3) is 5.91 Å². The highest BCUT2D eigenvalue weighted by Gasteiger charge is 2.22. The molecule has 1 amide bonds. The average molecular weight is 436 g/mol. The van der Waals surface area contributed by atoms with E-state index < -0.39 is 0 Å². The maximum atomic E-state index is 13.5. The Morgan fingerprint density at radius 3 is 2.32 bits per heavy atom. The lowest BCUT2D eigenvalue weighted by Crippen LogP contribution is -2.16. The van der Waals surface area contributed by atoms with Gasteiger partial charge in [-0.05, 0) is 25.5 Å². The highest BCUT2D eigenvalue weighted by atomic mass is 35.5. The van der Waals surface area contributed by atoms with E-state index in [1.807, 2.05) is 56.4 Å². The molecule has 2 heterocycles. The molecule has 0 saturated carbocycles. The highest BCUT2D eigenvalue weighted by molar-refractivity contribution is 6.32. The first-order valence-corrected chi connectivity index (χ1v) is 10.1. The molecule has 0 unspecified atom stereocenters. The first kappa shape index (κ1) is 20.8. The summed E-state index contributed by atoms with van der Waals surface area (Å²) in [6.07, 6.45) is 1.90. The van der Waals surface area contributed by atoms with Crippen molar-refractivity contribution in [3.05, 3.63) is 76.6 Å². The van der Waals surface area contributed by atoms with E-state index in [0.717, 1.165) is 16.7 Å². The summed E-state index contributed by atoms with van der Waals surface area (Å²) in [5.74, 6) is 0.544. The number of ether oxygens (including phenoxy) is 2. The number of hydrogen-bond acceptors (Lipinski definition) is 4. The molecule has 0 fully saturated rings. The van der Waals surface area contributed by atoms with Gasteiger partial charge in [-0.15, -0.1) is 0 Å². The smallest absolute Gasteiger partial charge is 0.275 e. The van der Waals surface area contributed by atoms with Gasteiger partial charge in [-0.3, -0.25) is 9.20 Å². The predicted molar refractivity (Wildman–Crippen MR) is 123 cm³/mol. The van der Waals surface area contributed by atoms with Crippen molar-refractivity contribution in [3.63, 3.8) is 0 Å². The van der Waals surface area contributed by atoms with E-state index in [0.29, 0.717) is 39.2 Å². The van der Waals surface area contributed by atoms with Crippen LogP contribution in [0.25, 0.3) is 16.9 Å². The summed E-state index contributed by atoms with van der Waals surface area (Å²) in [5.41, 5.74) is 5.17. The molecule has 1 N–H and O–H groups in total. The number of nitrogens with one attached hydrogen (secondary N) is 1. The van der Waals surface area contributed by atoms with Gasteiger partial charge in [0, 0.05) is 23.9 Å². The predicted octanol–water partition coefficient (Wildman–Crippen LogP) is 5.54. The van der Waals surface area contributed by atoms with Gasteiger partial charge in [0.1, 0.15) is 28.5 Å². The first-order valence-electron chi connectivity index (χ1n) is 9.70. The molecule has 7 heteroatoms. The number of carbonyl (C=O) groups excluding carboxylic acids is 1. The van der Waals surface area contributed by atoms with Gasteiger partial charge >= 0.3 is 0 Å². The second-order valence-electron chi connectivity index (χ2n) is 7.25. The number of carbonyl (C=O) groups is 1. The van der Waals surface area contributed by atoms with Gasteiger partial charge in [-0.25, -0.2) is 4.98 Å². The molecule has 4 rings (SSSR count). The molecule has 0 spiro atoms. The molecule has 0 bridgehead atoms. The van der Waals surface area contributed by atoms with Crippen LogP contribution in [0.5, 0.6) is 11.5 Å². The van der Waals surface area contributed by atoms with Crippen LogP contribution in [0.2, 0.25) is 5.02 Å². The first-order chi connectivity index (χ1) is 14.9. The monoisotopic (exact) mass is 435 g/mol. The van der Waals surface area contributed by atoms with Gasteiger partial charge in [-0.2, -0.15) is 0 Å². The second kappa shape index (κ2) is 8.32. The van der Waals surface area contributed by atoms with Crippen molar-refractivity contribution in [2.45, 2.75) is 13.8 Å². The Kier molecular flexibility index (Phi) is 5.57. The summed E-state index contributed by atoms with van der Waals surface area (Å²) in [7, 11) is 3.03.